The number of halogens is 2. The predicted molar refractivity (Wildman–Crippen MR) is 120 cm³/mol. The monoisotopic (exact) mass is 448 g/mol. The summed E-state index contributed by atoms with van der Waals surface area (Å²) in [7, 11) is 0. The van der Waals surface area contributed by atoms with Gasteiger partial charge in [0, 0.05) is 30.1 Å². The van der Waals surface area contributed by atoms with E-state index in [0.29, 0.717) is 35.9 Å². The second kappa shape index (κ2) is 12.3. The number of carbonyl (C=O) groups excluding carboxylic acids is 2. The van der Waals surface area contributed by atoms with Crippen molar-refractivity contribution in [3.8, 4) is 5.75 Å². The highest BCUT2D eigenvalue weighted by atomic mass is 35.5. The molecule has 0 spiro atoms. The molecule has 2 amide bonds. The average Bonchev–Trinajstić information content (AvgIpc) is 2.75. The van der Waals surface area contributed by atoms with E-state index in [0.717, 1.165) is 0 Å². The van der Waals surface area contributed by atoms with Crippen LogP contribution >= 0.6 is 11.6 Å². The van der Waals surface area contributed by atoms with Crippen LogP contribution in [0.25, 0.3) is 0 Å². The summed E-state index contributed by atoms with van der Waals surface area (Å²) in [5.74, 6) is 0.0745. The fraction of sp³-hybridized carbons (Fsp3) is 0.417. The molecule has 31 heavy (non-hydrogen) atoms. The minimum Gasteiger partial charge on any atom is -0.494 e. The van der Waals surface area contributed by atoms with Crippen LogP contribution < -0.4 is 10.1 Å². The standard InChI is InChI=1S/C24H30ClFN2O3/c1-17(2)15-27-24(30)18(3)28(16-19-7-4-5-8-22(19)26)23(29)9-6-14-31-21-12-10-20(25)11-13-21/h4-5,7-8,10-13,17-18H,6,9,14-16H2,1-3H3,(H,27,30)/t18-/m0/s1. The summed E-state index contributed by atoms with van der Waals surface area (Å²) in [6.07, 6.45) is 0.652. The van der Waals surface area contributed by atoms with E-state index in [1.807, 2.05) is 13.8 Å². The van der Waals surface area contributed by atoms with Crippen molar-refractivity contribution < 1.29 is 18.7 Å². The molecule has 0 bridgehead atoms. The van der Waals surface area contributed by atoms with Gasteiger partial charge in [0.1, 0.15) is 17.6 Å². The van der Waals surface area contributed by atoms with Gasteiger partial charge in [-0.15, -0.1) is 0 Å². The molecule has 1 N–H and O–H groups in total. The Bertz CT molecular complexity index is 858. The summed E-state index contributed by atoms with van der Waals surface area (Å²) in [6, 6.07) is 12.5. The van der Waals surface area contributed by atoms with Gasteiger partial charge in [-0.25, -0.2) is 4.39 Å². The molecule has 0 aliphatic carbocycles. The maximum absolute atomic E-state index is 14.2. The molecule has 0 unspecified atom stereocenters. The van der Waals surface area contributed by atoms with Crippen molar-refractivity contribution in [2.24, 2.45) is 5.92 Å². The lowest BCUT2D eigenvalue weighted by atomic mass is 10.1. The van der Waals surface area contributed by atoms with Gasteiger partial charge in [0.15, 0.2) is 0 Å². The first-order chi connectivity index (χ1) is 14.8. The van der Waals surface area contributed by atoms with Gasteiger partial charge >= 0.3 is 0 Å². The summed E-state index contributed by atoms with van der Waals surface area (Å²) in [5.41, 5.74) is 0.372. The summed E-state index contributed by atoms with van der Waals surface area (Å²) in [4.78, 5) is 27.0. The predicted octanol–water partition coefficient (Wildman–Crippen LogP) is 4.83. The van der Waals surface area contributed by atoms with Crippen LogP contribution in [0.5, 0.6) is 5.75 Å². The summed E-state index contributed by atoms with van der Waals surface area (Å²) >= 11 is 5.86. The topological polar surface area (TPSA) is 58.6 Å². The number of rotatable bonds is 11. The Hall–Kier alpha value is -2.60. The van der Waals surface area contributed by atoms with Crippen LogP contribution in [0, 0.1) is 11.7 Å². The molecule has 0 saturated carbocycles. The summed E-state index contributed by atoms with van der Waals surface area (Å²) in [5, 5.41) is 3.47. The fourth-order valence-electron chi connectivity index (χ4n) is 2.93. The zero-order valence-corrected chi connectivity index (χ0v) is 19.0. The van der Waals surface area contributed by atoms with Crippen LogP contribution in [0.15, 0.2) is 48.5 Å². The fourth-order valence-corrected chi connectivity index (χ4v) is 3.06. The van der Waals surface area contributed by atoms with Gasteiger partial charge in [-0.3, -0.25) is 9.59 Å². The number of ether oxygens (including phenoxy) is 1. The number of nitrogens with zero attached hydrogens (tertiary/aromatic N) is 1. The summed E-state index contributed by atoms with van der Waals surface area (Å²) < 4.78 is 19.8. The van der Waals surface area contributed by atoms with E-state index in [1.165, 1.54) is 11.0 Å². The van der Waals surface area contributed by atoms with E-state index < -0.39 is 11.9 Å². The largest absolute Gasteiger partial charge is 0.494 e. The van der Waals surface area contributed by atoms with Crippen molar-refractivity contribution >= 4 is 23.4 Å². The van der Waals surface area contributed by atoms with Gasteiger partial charge < -0.3 is 15.0 Å². The molecule has 7 heteroatoms. The Kier molecular flexibility index (Phi) is 9.79. The molecule has 5 nitrogen and oxygen atoms in total. The van der Waals surface area contributed by atoms with Crippen molar-refractivity contribution in [1.82, 2.24) is 10.2 Å². The third-order valence-electron chi connectivity index (χ3n) is 4.77. The first-order valence-corrected chi connectivity index (χ1v) is 10.8. The van der Waals surface area contributed by atoms with Crippen LogP contribution in [0.3, 0.4) is 0 Å². The first-order valence-electron chi connectivity index (χ1n) is 10.5. The lowest BCUT2D eigenvalue weighted by Gasteiger charge is -2.29. The molecule has 2 rings (SSSR count). The molecule has 0 aliphatic rings. The highest BCUT2D eigenvalue weighted by molar-refractivity contribution is 6.30. The number of amides is 2. The molecule has 2 aromatic rings. The van der Waals surface area contributed by atoms with Gasteiger partial charge in [-0.05, 0) is 49.6 Å². The molecule has 0 fully saturated rings. The maximum Gasteiger partial charge on any atom is 0.242 e. The number of carbonyl (C=O) groups is 2. The normalized spacial score (nSPS) is 11.8. The van der Waals surface area contributed by atoms with Crippen LogP contribution in [-0.4, -0.2) is 35.9 Å². The Morgan fingerprint density at radius 2 is 1.77 bits per heavy atom. The van der Waals surface area contributed by atoms with Crippen molar-refractivity contribution in [3.63, 3.8) is 0 Å². The van der Waals surface area contributed by atoms with Crippen molar-refractivity contribution in [2.75, 3.05) is 13.2 Å². The second-order valence-electron chi connectivity index (χ2n) is 7.83. The van der Waals surface area contributed by atoms with E-state index in [1.54, 1.807) is 49.4 Å². The van der Waals surface area contributed by atoms with Crippen molar-refractivity contribution in [1.29, 1.82) is 0 Å². The Labute approximate surface area is 188 Å². The van der Waals surface area contributed by atoms with Gasteiger partial charge in [-0.2, -0.15) is 0 Å². The first kappa shape index (κ1) is 24.7. The molecule has 0 radical (unpaired) electrons. The lowest BCUT2D eigenvalue weighted by Crippen LogP contribution is -2.48. The zero-order valence-electron chi connectivity index (χ0n) is 18.2. The van der Waals surface area contributed by atoms with E-state index >= 15 is 0 Å². The average molecular weight is 449 g/mol. The van der Waals surface area contributed by atoms with Crippen LogP contribution in [-0.2, 0) is 16.1 Å². The van der Waals surface area contributed by atoms with Crippen LogP contribution in [0.2, 0.25) is 5.02 Å². The smallest absolute Gasteiger partial charge is 0.242 e. The quantitative estimate of drug-likeness (QED) is 0.501. The minimum atomic E-state index is -0.719. The maximum atomic E-state index is 14.2. The SMILES string of the molecule is CC(C)CNC(=O)[C@H](C)N(Cc1ccccc1F)C(=O)CCCOc1ccc(Cl)cc1. The molecule has 0 aromatic heterocycles. The van der Waals surface area contributed by atoms with Gasteiger partial charge in [-0.1, -0.05) is 43.6 Å². The summed E-state index contributed by atoms with van der Waals surface area (Å²) in [6.45, 7) is 6.54. The van der Waals surface area contributed by atoms with Crippen molar-refractivity contribution in [2.45, 2.75) is 46.2 Å². The van der Waals surface area contributed by atoms with Crippen LogP contribution in [0.1, 0.15) is 39.2 Å². The molecule has 168 valence electrons. The third-order valence-corrected chi connectivity index (χ3v) is 5.02. The Morgan fingerprint density at radius 3 is 2.42 bits per heavy atom. The third kappa shape index (κ3) is 8.21. The molecular formula is C24H30ClFN2O3. The van der Waals surface area contributed by atoms with Crippen LogP contribution in [0.4, 0.5) is 4.39 Å². The second-order valence-corrected chi connectivity index (χ2v) is 8.27. The highest BCUT2D eigenvalue weighted by Crippen LogP contribution is 2.17. The Balaban J connectivity index is 2.00. The van der Waals surface area contributed by atoms with Gasteiger partial charge in [0.05, 0.1) is 6.61 Å². The Morgan fingerprint density at radius 1 is 1.10 bits per heavy atom. The lowest BCUT2D eigenvalue weighted by molar-refractivity contribution is -0.140. The molecule has 0 heterocycles. The number of hydrogen-bond acceptors (Lipinski definition) is 3. The number of benzene rings is 2. The molecule has 0 aliphatic heterocycles. The van der Waals surface area contributed by atoms with E-state index in [9.17, 15) is 14.0 Å². The van der Waals surface area contributed by atoms with E-state index in [-0.39, 0.29) is 30.7 Å². The van der Waals surface area contributed by atoms with Gasteiger partial charge in [0.25, 0.3) is 0 Å². The molecule has 1 atom stereocenters. The zero-order chi connectivity index (χ0) is 22.8. The van der Waals surface area contributed by atoms with Crippen molar-refractivity contribution in [3.05, 3.63) is 64.9 Å². The molecule has 0 saturated heterocycles. The van der Waals surface area contributed by atoms with E-state index in [4.69, 9.17) is 16.3 Å². The van der Waals surface area contributed by atoms with E-state index in [2.05, 4.69) is 5.32 Å². The number of nitrogens with one attached hydrogen (secondary N) is 1. The molecule has 2 aromatic carbocycles. The number of hydrogen-bond donors (Lipinski definition) is 1. The molecular weight excluding hydrogens is 419 g/mol. The van der Waals surface area contributed by atoms with Gasteiger partial charge in [0.2, 0.25) is 11.8 Å². The highest BCUT2D eigenvalue weighted by Gasteiger charge is 2.26. The minimum absolute atomic E-state index is 0.0276.